The second-order valence-electron chi connectivity index (χ2n) is 6.47. The van der Waals surface area contributed by atoms with Crippen molar-refractivity contribution in [3.8, 4) is 0 Å². The van der Waals surface area contributed by atoms with Crippen LogP contribution in [0.15, 0.2) is 0 Å². The van der Waals surface area contributed by atoms with Gasteiger partial charge in [-0.05, 0) is 33.6 Å². The van der Waals surface area contributed by atoms with Crippen molar-refractivity contribution in [2.45, 2.75) is 45.6 Å². The lowest BCUT2D eigenvalue weighted by molar-refractivity contribution is -0.142. The lowest BCUT2D eigenvalue weighted by atomic mass is 9.76. The van der Waals surface area contributed by atoms with Crippen LogP contribution in [0.25, 0.3) is 0 Å². The summed E-state index contributed by atoms with van der Waals surface area (Å²) in [6, 6.07) is 0. The normalized spacial score (nSPS) is 18.7. The van der Waals surface area contributed by atoms with Crippen LogP contribution < -0.4 is 0 Å². The molecule has 0 aliphatic carbocycles. The molecule has 6 nitrogen and oxygen atoms in total. The molecule has 0 aromatic carbocycles. The number of carboxylic acid groups (broad SMARTS) is 1. The highest BCUT2D eigenvalue weighted by atomic mass is 16.6. The summed E-state index contributed by atoms with van der Waals surface area (Å²) >= 11 is 0. The minimum Gasteiger partial charge on any atom is -0.481 e. The number of carbonyl (C=O) groups is 2. The second-order valence-corrected chi connectivity index (χ2v) is 6.47. The van der Waals surface area contributed by atoms with Crippen LogP contribution in [0, 0.1) is 5.41 Å². The molecule has 6 heteroatoms. The van der Waals surface area contributed by atoms with E-state index in [1.54, 1.807) is 12.0 Å². The van der Waals surface area contributed by atoms with Gasteiger partial charge in [0.2, 0.25) is 0 Å². The van der Waals surface area contributed by atoms with Crippen LogP contribution in [0.5, 0.6) is 0 Å². The SMILES string of the molecule is COCC1(CC(=O)O)CCN(C(=O)OC(C)(C)C)CC1. The van der Waals surface area contributed by atoms with Crippen LogP contribution in [0.4, 0.5) is 4.79 Å². The minimum atomic E-state index is -0.826. The number of aliphatic carboxylic acids is 1. The Morgan fingerprint density at radius 2 is 1.80 bits per heavy atom. The van der Waals surface area contributed by atoms with E-state index in [2.05, 4.69) is 0 Å². The molecule has 116 valence electrons. The van der Waals surface area contributed by atoms with E-state index in [9.17, 15) is 9.59 Å². The minimum absolute atomic E-state index is 0.0724. The van der Waals surface area contributed by atoms with Gasteiger partial charge >= 0.3 is 12.1 Å². The van der Waals surface area contributed by atoms with Gasteiger partial charge in [-0.25, -0.2) is 4.79 Å². The number of carbonyl (C=O) groups excluding carboxylic acids is 1. The Kier molecular flexibility index (Phi) is 5.39. The van der Waals surface area contributed by atoms with Crippen molar-refractivity contribution >= 4 is 12.1 Å². The number of piperidine rings is 1. The van der Waals surface area contributed by atoms with Crippen LogP contribution >= 0.6 is 0 Å². The predicted molar refractivity (Wildman–Crippen MR) is 73.6 cm³/mol. The third kappa shape index (κ3) is 5.00. The Balaban J connectivity index is 2.60. The van der Waals surface area contributed by atoms with Gasteiger partial charge in [0.25, 0.3) is 0 Å². The zero-order valence-electron chi connectivity index (χ0n) is 12.8. The van der Waals surface area contributed by atoms with E-state index in [-0.39, 0.29) is 17.9 Å². The van der Waals surface area contributed by atoms with E-state index in [4.69, 9.17) is 14.6 Å². The maximum atomic E-state index is 12.0. The first-order valence-electron chi connectivity index (χ1n) is 6.86. The summed E-state index contributed by atoms with van der Waals surface area (Å²) in [6.07, 6.45) is 0.973. The number of ether oxygens (including phenoxy) is 2. The lowest BCUT2D eigenvalue weighted by Gasteiger charge is -2.40. The highest BCUT2D eigenvalue weighted by Crippen LogP contribution is 2.35. The quantitative estimate of drug-likeness (QED) is 0.857. The van der Waals surface area contributed by atoms with Crippen LogP contribution in [-0.2, 0) is 14.3 Å². The summed E-state index contributed by atoms with van der Waals surface area (Å²) in [5.41, 5.74) is -0.891. The summed E-state index contributed by atoms with van der Waals surface area (Å²) in [5.74, 6) is -0.826. The third-order valence-electron chi connectivity index (χ3n) is 3.45. The first-order chi connectivity index (χ1) is 9.17. The zero-order chi connectivity index (χ0) is 15.4. The molecule has 0 bridgehead atoms. The molecule has 1 aliphatic rings. The van der Waals surface area contributed by atoms with Crippen molar-refractivity contribution in [2.75, 3.05) is 26.8 Å². The van der Waals surface area contributed by atoms with Crippen molar-refractivity contribution in [1.82, 2.24) is 4.90 Å². The molecule has 1 saturated heterocycles. The molecule has 1 rings (SSSR count). The zero-order valence-corrected chi connectivity index (χ0v) is 12.8. The van der Waals surface area contributed by atoms with Gasteiger partial charge in [-0.15, -0.1) is 0 Å². The number of likely N-dealkylation sites (tertiary alicyclic amines) is 1. The van der Waals surface area contributed by atoms with Crippen molar-refractivity contribution in [3.05, 3.63) is 0 Å². The summed E-state index contributed by atoms with van der Waals surface area (Å²) in [5, 5.41) is 9.02. The molecule has 0 spiro atoms. The van der Waals surface area contributed by atoms with E-state index in [1.165, 1.54) is 0 Å². The van der Waals surface area contributed by atoms with E-state index >= 15 is 0 Å². The Hall–Kier alpha value is -1.30. The number of carboxylic acids is 1. The van der Waals surface area contributed by atoms with Crippen molar-refractivity contribution < 1.29 is 24.2 Å². The van der Waals surface area contributed by atoms with E-state index in [0.29, 0.717) is 32.5 Å². The first kappa shape index (κ1) is 16.8. The van der Waals surface area contributed by atoms with Crippen LogP contribution in [0.1, 0.15) is 40.0 Å². The second kappa shape index (κ2) is 6.43. The number of amides is 1. The fraction of sp³-hybridized carbons (Fsp3) is 0.857. The third-order valence-corrected chi connectivity index (χ3v) is 3.45. The topological polar surface area (TPSA) is 76.1 Å². The van der Waals surface area contributed by atoms with Crippen LogP contribution in [-0.4, -0.2) is 54.5 Å². The van der Waals surface area contributed by atoms with Gasteiger partial charge in [0.1, 0.15) is 5.60 Å². The van der Waals surface area contributed by atoms with Crippen LogP contribution in [0.3, 0.4) is 0 Å². The first-order valence-corrected chi connectivity index (χ1v) is 6.86. The van der Waals surface area contributed by atoms with Crippen molar-refractivity contribution in [3.63, 3.8) is 0 Å². The Morgan fingerprint density at radius 1 is 1.25 bits per heavy atom. The molecule has 1 N–H and O–H groups in total. The van der Waals surface area contributed by atoms with Gasteiger partial charge in [0, 0.05) is 25.6 Å². The molecule has 1 amide bonds. The Labute approximate surface area is 120 Å². The van der Waals surface area contributed by atoms with Gasteiger partial charge in [-0.2, -0.15) is 0 Å². The molecule has 20 heavy (non-hydrogen) atoms. The number of hydrogen-bond acceptors (Lipinski definition) is 4. The lowest BCUT2D eigenvalue weighted by Crippen LogP contribution is -2.47. The predicted octanol–water partition coefficient (Wildman–Crippen LogP) is 2.12. The molecule has 0 radical (unpaired) electrons. The monoisotopic (exact) mass is 287 g/mol. The van der Waals surface area contributed by atoms with Gasteiger partial charge in [0.15, 0.2) is 0 Å². The van der Waals surface area contributed by atoms with E-state index < -0.39 is 11.6 Å². The Bertz CT molecular complexity index is 353. The highest BCUT2D eigenvalue weighted by molar-refractivity contribution is 5.69. The van der Waals surface area contributed by atoms with Crippen molar-refractivity contribution in [1.29, 1.82) is 0 Å². The number of nitrogens with zero attached hydrogens (tertiary/aromatic N) is 1. The van der Waals surface area contributed by atoms with Crippen LogP contribution in [0.2, 0.25) is 0 Å². The largest absolute Gasteiger partial charge is 0.481 e. The number of methoxy groups -OCH3 is 1. The van der Waals surface area contributed by atoms with E-state index in [1.807, 2.05) is 20.8 Å². The molecule has 0 aromatic rings. The molecule has 1 aliphatic heterocycles. The molecule has 0 saturated carbocycles. The average molecular weight is 287 g/mol. The van der Waals surface area contributed by atoms with Gasteiger partial charge < -0.3 is 19.5 Å². The summed E-state index contributed by atoms with van der Waals surface area (Å²) in [7, 11) is 1.57. The summed E-state index contributed by atoms with van der Waals surface area (Å²) in [4.78, 5) is 24.6. The standard InChI is InChI=1S/C14H25NO5/c1-13(2,3)20-12(18)15-7-5-14(6-8-15,10-19-4)9-11(16)17/h5-10H2,1-4H3,(H,16,17). The molecule has 1 fully saturated rings. The van der Waals surface area contributed by atoms with Crippen molar-refractivity contribution in [2.24, 2.45) is 5.41 Å². The van der Waals surface area contributed by atoms with E-state index in [0.717, 1.165) is 0 Å². The smallest absolute Gasteiger partial charge is 0.410 e. The summed E-state index contributed by atoms with van der Waals surface area (Å²) in [6.45, 7) is 6.90. The van der Waals surface area contributed by atoms with Gasteiger partial charge in [-0.3, -0.25) is 4.79 Å². The molecule has 0 atom stereocenters. The average Bonchev–Trinajstić information content (AvgIpc) is 2.26. The molecule has 0 aromatic heterocycles. The highest BCUT2D eigenvalue weighted by Gasteiger charge is 2.38. The van der Waals surface area contributed by atoms with Gasteiger partial charge in [-0.1, -0.05) is 0 Å². The maximum Gasteiger partial charge on any atom is 0.410 e. The Morgan fingerprint density at radius 3 is 2.20 bits per heavy atom. The fourth-order valence-electron chi connectivity index (χ4n) is 2.49. The fourth-order valence-corrected chi connectivity index (χ4v) is 2.49. The number of hydrogen-bond donors (Lipinski definition) is 1. The van der Waals surface area contributed by atoms with Gasteiger partial charge in [0.05, 0.1) is 13.0 Å². The molecule has 1 heterocycles. The molecular formula is C14H25NO5. The summed E-state index contributed by atoms with van der Waals surface area (Å²) < 4.78 is 10.5. The maximum absolute atomic E-state index is 12.0. The number of rotatable bonds is 4. The molecule has 0 unspecified atom stereocenters. The molecular weight excluding hydrogens is 262 g/mol.